The first-order chi connectivity index (χ1) is 31.5. The van der Waals surface area contributed by atoms with Crippen LogP contribution in [-0.4, -0.2) is 34.1 Å². The van der Waals surface area contributed by atoms with E-state index in [0.717, 1.165) is 100 Å². The molecule has 0 fully saturated rings. The number of para-hydroxylation sites is 4. The quantitative estimate of drug-likeness (QED) is 0.160. The van der Waals surface area contributed by atoms with Crippen molar-refractivity contribution in [1.29, 1.82) is 0 Å². The smallest absolute Gasteiger partial charge is 0.164 e. The Balaban J connectivity index is 1.02. The molecule has 7 heteroatoms. The number of benzene rings is 9. The van der Waals surface area contributed by atoms with Crippen LogP contribution in [0.1, 0.15) is 11.1 Å². The molecule has 7 nitrogen and oxygen atoms in total. The van der Waals surface area contributed by atoms with Gasteiger partial charge in [-0.15, -0.1) is 0 Å². The van der Waals surface area contributed by atoms with Crippen molar-refractivity contribution in [3.8, 4) is 68.3 Å². The predicted octanol–water partition coefficient (Wildman–Crippen LogP) is 13.8. The third kappa shape index (κ3) is 6.33. The molecule has 0 bridgehead atoms. The average Bonchev–Trinajstić information content (AvgIpc) is 3.93. The van der Waals surface area contributed by atoms with Gasteiger partial charge in [-0.1, -0.05) is 139 Å². The van der Waals surface area contributed by atoms with Gasteiger partial charge in [0.15, 0.2) is 17.5 Å². The molecular weight excluding hydrogens is 783 g/mol. The summed E-state index contributed by atoms with van der Waals surface area (Å²) in [5, 5.41) is 4.43. The summed E-state index contributed by atoms with van der Waals surface area (Å²) in [6.45, 7) is 4.22. The fourth-order valence-electron chi connectivity index (χ4n) is 9.23. The largest absolute Gasteiger partial charge is 0.292 e. The van der Waals surface area contributed by atoms with Crippen molar-refractivity contribution < 1.29 is 0 Å². The van der Waals surface area contributed by atoms with Gasteiger partial charge >= 0.3 is 0 Å². The van der Waals surface area contributed by atoms with Crippen molar-refractivity contribution in [2.24, 2.45) is 0 Å². The Hall–Kier alpha value is -8.55. The minimum Gasteiger partial charge on any atom is -0.292 e. The van der Waals surface area contributed by atoms with Crippen LogP contribution in [0.3, 0.4) is 0 Å². The van der Waals surface area contributed by atoms with Gasteiger partial charge in [-0.2, -0.15) is 0 Å². The Labute approximate surface area is 369 Å². The Bertz CT molecular complexity index is 3730. The highest BCUT2D eigenvalue weighted by atomic mass is 15.1. The van der Waals surface area contributed by atoms with Crippen LogP contribution in [0.15, 0.2) is 200 Å². The minimum atomic E-state index is 0.593. The molecule has 0 saturated carbocycles. The zero-order valence-corrected chi connectivity index (χ0v) is 35.2. The summed E-state index contributed by atoms with van der Waals surface area (Å²) in [4.78, 5) is 26.1. The SMILES string of the molecule is Cc1cc(C)cc(-c2nc(-c3ccc(-n4c(-c5cccc6ccccc56)nc5ccccc54)cc3)nc(-c3ccc(-n4c(-c5ccccc5)nc5ccccc54)c4ccccc34)n2)c1. The van der Waals surface area contributed by atoms with Crippen LogP contribution in [0, 0.1) is 13.8 Å². The Morgan fingerprint density at radius 1 is 0.344 bits per heavy atom. The lowest BCUT2D eigenvalue weighted by molar-refractivity contribution is 1.07. The number of aromatic nitrogens is 7. The zero-order valence-electron chi connectivity index (χ0n) is 35.2. The predicted molar refractivity (Wildman–Crippen MR) is 261 cm³/mol. The number of rotatable bonds is 7. The van der Waals surface area contributed by atoms with E-state index in [2.05, 4.69) is 205 Å². The van der Waals surface area contributed by atoms with E-state index in [1.165, 1.54) is 5.39 Å². The van der Waals surface area contributed by atoms with Gasteiger partial charge in [-0.25, -0.2) is 24.9 Å². The van der Waals surface area contributed by atoms with Crippen molar-refractivity contribution in [2.75, 3.05) is 0 Å². The van der Waals surface area contributed by atoms with E-state index in [0.29, 0.717) is 17.5 Å². The van der Waals surface area contributed by atoms with E-state index in [-0.39, 0.29) is 0 Å². The molecule has 0 saturated heterocycles. The third-order valence-electron chi connectivity index (χ3n) is 12.1. The molecule has 0 atom stereocenters. The fourth-order valence-corrected chi connectivity index (χ4v) is 9.23. The lowest BCUT2D eigenvalue weighted by atomic mass is 10.0. The maximum Gasteiger partial charge on any atom is 0.164 e. The molecular formula is C57H39N7. The van der Waals surface area contributed by atoms with E-state index < -0.39 is 0 Å². The van der Waals surface area contributed by atoms with Gasteiger partial charge in [0.1, 0.15) is 11.6 Å². The van der Waals surface area contributed by atoms with E-state index in [4.69, 9.17) is 24.9 Å². The highest BCUT2D eigenvalue weighted by Gasteiger charge is 2.21. The molecule has 12 rings (SSSR count). The summed E-state index contributed by atoms with van der Waals surface area (Å²) in [6.07, 6.45) is 0. The lowest BCUT2D eigenvalue weighted by Crippen LogP contribution is -2.03. The highest BCUT2D eigenvalue weighted by molar-refractivity contribution is 6.02. The van der Waals surface area contributed by atoms with Gasteiger partial charge < -0.3 is 0 Å². The van der Waals surface area contributed by atoms with Crippen LogP contribution in [0.2, 0.25) is 0 Å². The van der Waals surface area contributed by atoms with Crippen LogP contribution >= 0.6 is 0 Å². The Kier molecular flexibility index (Phi) is 8.79. The second-order valence-corrected chi connectivity index (χ2v) is 16.3. The molecule has 0 radical (unpaired) electrons. The summed E-state index contributed by atoms with van der Waals surface area (Å²) in [5.74, 6) is 3.59. The number of fused-ring (bicyclic) bond motifs is 4. The van der Waals surface area contributed by atoms with Crippen molar-refractivity contribution in [3.05, 3.63) is 211 Å². The molecule has 9 aromatic carbocycles. The summed E-state index contributed by atoms with van der Waals surface area (Å²) < 4.78 is 4.52. The molecule has 0 amide bonds. The molecule has 0 spiro atoms. The second kappa shape index (κ2) is 15.1. The summed E-state index contributed by atoms with van der Waals surface area (Å²) in [7, 11) is 0. The van der Waals surface area contributed by atoms with Gasteiger partial charge in [-0.05, 0) is 103 Å². The van der Waals surface area contributed by atoms with Crippen LogP contribution in [0.5, 0.6) is 0 Å². The number of imidazole rings is 2. The summed E-state index contributed by atoms with van der Waals surface area (Å²) >= 11 is 0. The average molecular weight is 822 g/mol. The highest BCUT2D eigenvalue weighted by Crippen LogP contribution is 2.38. The first-order valence-electron chi connectivity index (χ1n) is 21.5. The van der Waals surface area contributed by atoms with Crippen LogP contribution in [-0.2, 0) is 0 Å². The van der Waals surface area contributed by atoms with Gasteiger partial charge in [-0.3, -0.25) is 9.13 Å². The lowest BCUT2D eigenvalue weighted by Gasteiger charge is -2.16. The zero-order chi connectivity index (χ0) is 42.7. The molecule has 3 aromatic heterocycles. The monoisotopic (exact) mass is 821 g/mol. The molecule has 0 aliphatic rings. The molecule has 12 aromatic rings. The van der Waals surface area contributed by atoms with Crippen LogP contribution in [0.25, 0.3) is 112 Å². The second-order valence-electron chi connectivity index (χ2n) is 16.3. The normalized spacial score (nSPS) is 11.6. The minimum absolute atomic E-state index is 0.593. The van der Waals surface area contributed by atoms with E-state index >= 15 is 0 Å². The molecule has 64 heavy (non-hydrogen) atoms. The maximum absolute atomic E-state index is 5.28. The fraction of sp³-hybridized carbons (Fsp3) is 0.0351. The van der Waals surface area contributed by atoms with E-state index in [9.17, 15) is 0 Å². The first-order valence-corrected chi connectivity index (χ1v) is 21.5. The molecule has 302 valence electrons. The summed E-state index contributed by atoms with van der Waals surface area (Å²) in [5.41, 5.74) is 13.1. The molecule has 0 N–H and O–H groups in total. The van der Waals surface area contributed by atoms with Crippen molar-refractivity contribution in [2.45, 2.75) is 13.8 Å². The molecule has 3 heterocycles. The van der Waals surface area contributed by atoms with Crippen molar-refractivity contribution >= 4 is 43.6 Å². The molecule has 0 aliphatic carbocycles. The standard InChI is InChI=1S/C57H39N7/c1-36-33-37(2)35-41(34-36)54-60-53(39-27-29-42(30-28-39)63-51-25-12-10-23-48(51)59-57(63)47-22-14-18-38-15-6-7-19-43(38)47)61-55(62-54)46-31-32-50(45-21-9-8-20-44(45)46)64-52-26-13-11-24-49(52)58-56(64)40-16-4-3-5-17-40/h3-35H,1-2H3. The van der Waals surface area contributed by atoms with Crippen LogP contribution < -0.4 is 0 Å². The van der Waals surface area contributed by atoms with Gasteiger partial charge in [0.25, 0.3) is 0 Å². The number of hydrogen-bond acceptors (Lipinski definition) is 5. The number of nitrogens with zero attached hydrogens (tertiary/aromatic N) is 7. The van der Waals surface area contributed by atoms with E-state index in [1.54, 1.807) is 0 Å². The third-order valence-corrected chi connectivity index (χ3v) is 12.1. The van der Waals surface area contributed by atoms with Gasteiger partial charge in [0.05, 0.1) is 27.8 Å². The first kappa shape index (κ1) is 37.2. The number of hydrogen-bond donors (Lipinski definition) is 0. The van der Waals surface area contributed by atoms with Gasteiger partial charge in [0, 0.05) is 38.9 Å². The summed E-state index contributed by atoms with van der Waals surface area (Å²) in [6, 6.07) is 69.7. The topological polar surface area (TPSA) is 74.3 Å². The Morgan fingerprint density at radius 3 is 1.67 bits per heavy atom. The Morgan fingerprint density at radius 2 is 0.922 bits per heavy atom. The van der Waals surface area contributed by atoms with Crippen molar-refractivity contribution in [1.82, 2.24) is 34.1 Å². The van der Waals surface area contributed by atoms with Gasteiger partial charge in [0.2, 0.25) is 0 Å². The molecule has 0 unspecified atom stereocenters. The van der Waals surface area contributed by atoms with Crippen LogP contribution in [0.4, 0.5) is 0 Å². The van der Waals surface area contributed by atoms with Crippen molar-refractivity contribution in [3.63, 3.8) is 0 Å². The molecule has 0 aliphatic heterocycles. The maximum atomic E-state index is 5.28. The van der Waals surface area contributed by atoms with E-state index in [1.807, 2.05) is 18.2 Å². The number of aryl methyl sites for hydroxylation is 2.